The number of esters is 1. The lowest BCUT2D eigenvalue weighted by Gasteiger charge is -2.18. The number of carbonyl (C=O) groups excluding carboxylic acids is 2. The maximum atomic E-state index is 10.9. The molecule has 0 unspecified atom stereocenters. The summed E-state index contributed by atoms with van der Waals surface area (Å²) in [6, 6.07) is 0. The van der Waals surface area contributed by atoms with Crippen LogP contribution in [0.25, 0.3) is 0 Å². The van der Waals surface area contributed by atoms with Crippen LogP contribution < -0.4 is 0 Å². The van der Waals surface area contributed by atoms with Crippen molar-refractivity contribution < 1.29 is 14.3 Å². The van der Waals surface area contributed by atoms with Crippen molar-refractivity contribution in [3.63, 3.8) is 0 Å². The molecule has 0 spiro atoms. The van der Waals surface area contributed by atoms with Gasteiger partial charge in [-0.25, -0.2) is 0 Å². The van der Waals surface area contributed by atoms with Crippen molar-refractivity contribution in [3.8, 4) is 0 Å². The zero-order valence-electron chi connectivity index (χ0n) is 7.72. The van der Waals surface area contributed by atoms with E-state index in [9.17, 15) is 9.59 Å². The van der Waals surface area contributed by atoms with Gasteiger partial charge in [0.25, 0.3) is 0 Å². The first-order valence-corrected chi connectivity index (χ1v) is 3.72. The van der Waals surface area contributed by atoms with Gasteiger partial charge in [0.15, 0.2) is 5.78 Å². The maximum Gasteiger partial charge on any atom is 0.314 e. The number of allylic oxidation sites excluding steroid dienone is 1. The number of hydrogen-bond acceptors (Lipinski definition) is 3. The summed E-state index contributed by atoms with van der Waals surface area (Å²) in [6.45, 7) is 8.51. The van der Waals surface area contributed by atoms with Crippen LogP contribution >= 0.6 is 0 Å². The van der Waals surface area contributed by atoms with E-state index in [1.807, 2.05) is 0 Å². The summed E-state index contributed by atoms with van der Waals surface area (Å²) < 4.78 is 4.90. The summed E-state index contributed by atoms with van der Waals surface area (Å²) >= 11 is 0. The van der Waals surface area contributed by atoms with E-state index in [-0.39, 0.29) is 12.2 Å². The van der Waals surface area contributed by atoms with Gasteiger partial charge in [-0.05, 0) is 26.8 Å². The lowest BCUT2D eigenvalue weighted by atomic mass is 10.2. The minimum atomic E-state index is -0.529. The first-order chi connectivity index (χ1) is 5.35. The zero-order chi connectivity index (χ0) is 9.78. The van der Waals surface area contributed by atoms with Gasteiger partial charge in [0.1, 0.15) is 12.0 Å². The van der Waals surface area contributed by atoms with Crippen LogP contribution in [0.4, 0.5) is 0 Å². The minimum Gasteiger partial charge on any atom is -0.460 e. The highest BCUT2D eigenvalue weighted by molar-refractivity contribution is 6.01. The summed E-state index contributed by atoms with van der Waals surface area (Å²) in [7, 11) is 0. The van der Waals surface area contributed by atoms with Gasteiger partial charge in [-0.15, -0.1) is 0 Å². The van der Waals surface area contributed by atoms with Gasteiger partial charge in [0.05, 0.1) is 0 Å². The largest absolute Gasteiger partial charge is 0.460 e. The Morgan fingerprint density at radius 1 is 1.42 bits per heavy atom. The van der Waals surface area contributed by atoms with E-state index >= 15 is 0 Å². The molecule has 68 valence electrons. The Morgan fingerprint density at radius 3 is 2.25 bits per heavy atom. The molecule has 0 aromatic heterocycles. The third-order valence-corrected chi connectivity index (χ3v) is 0.966. The van der Waals surface area contributed by atoms with Crippen LogP contribution in [0, 0.1) is 0 Å². The van der Waals surface area contributed by atoms with Gasteiger partial charge in [-0.2, -0.15) is 0 Å². The number of carbonyl (C=O) groups is 2. The van der Waals surface area contributed by atoms with Crippen molar-refractivity contribution in [2.24, 2.45) is 0 Å². The van der Waals surface area contributed by atoms with E-state index in [0.29, 0.717) is 0 Å². The molecule has 0 aliphatic heterocycles. The van der Waals surface area contributed by atoms with Crippen LogP contribution in [0.2, 0.25) is 0 Å². The number of ketones is 1. The van der Waals surface area contributed by atoms with Crippen molar-refractivity contribution in [3.05, 3.63) is 12.7 Å². The van der Waals surface area contributed by atoms with Crippen LogP contribution in [0.15, 0.2) is 12.7 Å². The van der Waals surface area contributed by atoms with Crippen molar-refractivity contribution in [1.29, 1.82) is 0 Å². The van der Waals surface area contributed by atoms with Gasteiger partial charge in [-0.1, -0.05) is 6.58 Å². The second-order valence-corrected chi connectivity index (χ2v) is 3.43. The second-order valence-electron chi connectivity index (χ2n) is 3.43. The molecule has 0 aliphatic carbocycles. The molecular formula is C9H14O3. The molecule has 0 amide bonds. The molecule has 0 saturated heterocycles. The Morgan fingerprint density at radius 2 is 1.92 bits per heavy atom. The van der Waals surface area contributed by atoms with E-state index in [1.165, 1.54) is 0 Å². The molecule has 0 heterocycles. The van der Waals surface area contributed by atoms with Gasteiger partial charge < -0.3 is 4.74 Å². The summed E-state index contributed by atoms with van der Waals surface area (Å²) in [4.78, 5) is 21.6. The van der Waals surface area contributed by atoms with Gasteiger partial charge >= 0.3 is 5.97 Å². The summed E-state index contributed by atoms with van der Waals surface area (Å²) in [5.41, 5.74) is -0.529. The Kier molecular flexibility index (Phi) is 3.67. The Labute approximate surface area is 72.4 Å². The second kappa shape index (κ2) is 4.04. The van der Waals surface area contributed by atoms with Gasteiger partial charge in [0, 0.05) is 0 Å². The Bertz CT molecular complexity index is 198. The predicted octanol–water partition coefficient (Wildman–Crippen LogP) is 1.47. The molecule has 0 aliphatic rings. The van der Waals surface area contributed by atoms with Crippen LogP contribution in [-0.4, -0.2) is 17.4 Å². The van der Waals surface area contributed by atoms with Crippen molar-refractivity contribution in [2.75, 3.05) is 0 Å². The summed E-state index contributed by atoms with van der Waals surface area (Å²) in [5.74, 6) is -0.823. The lowest BCUT2D eigenvalue weighted by molar-refractivity contribution is -0.155. The van der Waals surface area contributed by atoms with Gasteiger partial charge in [0.2, 0.25) is 0 Å². The summed E-state index contributed by atoms with van der Waals surface area (Å²) in [6.07, 6.45) is 0.894. The molecule has 0 aromatic carbocycles. The molecule has 12 heavy (non-hydrogen) atoms. The normalized spacial score (nSPS) is 10.6. The average molecular weight is 170 g/mol. The number of ether oxygens (including phenoxy) is 1. The first-order valence-electron chi connectivity index (χ1n) is 3.72. The standard InChI is InChI=1S/C9H14O3/c1-5-7(10)6-8(11)12-9(2,3)4/h5H,1,6H2,2-4H3. The molecule has 3 heteroatoms. The molecule has 3 nitrogen and oxygen atoms in total. The van der Waals surface area contributed by atoms with Crippen LogP contribution in [0.1, 0.15) is 27.2 Å². The SMILES string of the molecule is C=CC(=O)CC(=O)OC(C)(C)C. The molecule has 0 fully saturated rings. The van der Waals surface area contributed by atoms with Crippen molar-refractivity contribution >= 4 is 11.8 Å². The highest BCUT2D eigenvalue weighted by Gasteiger charge is 2.17. The molecular weight excluding hydrogens is 156 g/mol. The third kappa shape index (κ3) is 5.65. The quantitative estimate of drug-likeness (QED) is 0.366. The minimum absolute atomic E-state index is 0.221. The molecule has 0 N–H and O–H groups in total. The highest BCUT2D eigenvalue weighted by Crippen LogP contribution is 2.08. The van der Waals surface area contributed by atoms with Crippen LogP contribution in [0.5, 0.6) is 0 Å². The van der Waals surface area contributed by atoms with E-state index in [4.69, 9.17) is 4.74 Å². The van der Waals surface area contributed by atoms with Crippen molar-refractivity contribution in [2.45, 2.75) is 32.8 Å². The highest BCUT2D eigenvalue weighted by atomic mass is 16.6. The Balaban J connectivity index is 3.91. The maximum absolute atomic E-state index is 10.9. The van der Waals surface area contributed by atoms with Crippen LogP contribution in [-0.2, 0) is 14.3 Å². The smallest absolute Gasteiger partial charge is 0.314 e. The number of hydrogen-bond donors (Lipinski definition) is 0. The lowest BCUT2D eigenvalue weighted by Crippen LogP contribution is -2.24. The molecule has 0 aromatic rings. The number of rotatable bonds is 3. The fraction of sp³-hybridized carbons (Fsp3) is 0.556. The first kappa shape index (κ1) is 10.9. The van der Waals surface area contributed by atoms with E-state index in [0.717, 1.165) is 6.08 Å². The van der Waals surface area contributed by atoms with E-state index < -0.39 is 11.6 Å². The average Bonchev–Trinajstić information content (AvgIpc) is 1.82. The zero-order valence-corrected chi connectivity index (χ0v) is 7.72. The monoisotopic (exact) mass is 170 g/mol. The molecule has 0 radical (unpaired) electrons. The predicted molar refractivity (Wildman–Crippen MR) is 45.7 cm³/mol. The third-order valence-electron chi connectivity index (χ3n) is 0.966. The van der Waals surface area contributed by atoms with E-state index in [1.54, 1.807) is 20.8 Å². The molecule has 0 rings (SSSR count). The van der Waals surface area contributed by atoms with Crippen molar-refractivity contribution in [1.82, 2.24) is 0 Å². The molecule has 0 bridgehead atoms. The van der Waals surface area contributed by atoms with Gasteiger partial charge in [-0.3, -0.25) is 9.59 Å². The van der Waals surface area contributed by atoms with Crippen LogP contribution in [0.3, 0.4) is 0 Å². The molecule has 0 saturated carbocycles. The van der Waals surface area contributed by atoms with E-state index in [2.05, 4.69) is 6.58 Å². The fourth-order valence-electron chi connectivity index (χ4n) is 0.592. The topological polar surface area (TPSA) is 43.4 Å². The summed E-state index contributed by atoms with van der Waals surface area (Å²) in [5, 5.41) is 0. The fourth-order valence-corrected chi connectivity index (χ4v) is 0.592. The molecule has 0 atom stereocenters. The Hall–Kier alpha value is -1.12.